The van der Waals surface area contributed by atoms with E-state index >= 15 is 0 Å². The Morgan fingerprint density at radius 1 is 1.45 bits per heavy atom. The van der Waals surface area contributed by atoms with Crippen molar-refractivity contribution < 1.29 is 4.39 Å². The van der Waals surface area contributed by atoms with Gasteiger partial charge in [-0.15, -0.1) is 11.3 Å². The lowest BCUT2D eigenvalue weighted by Crippen LogP contribution is -2.19. The number of aryl methyl sites for hydroxylation is 1. The van der Waals surface area contributed by atoms with Crippen LogP contribution in [0.5, 0.6) is 0 Å². The molecule has 2 aromatic rings. The Morgan fingerprint density at radius 2 is 2.20 bits per heavy atom. The quantitative estimate of drug-likeness (QED) is 0.863. The number of rotatable bonds is 5. The van der Waals surface area contributed by atoms with E-state index in [1.807, 2.05) is 24.4 Å². The highest BCUT2D eigenvalue weighted by Gasteiger charge is 2.10. The molecule has 2 rings (SSSR count). The molecule has 0 bridgehead atoms. The first-order chi connectivity index (χ1) is 9.47. The second-order valence-corrected chi connectivity index (χ2v) is 6.08. The third-order valence-electron chi connectivity index (χ3n) is 3.03. The summed E-state index contributed by atoms with van der Waals surface area (Å²) in [7, 11) is 1.95. The van der Waals surface area contributed by atoms with Gasteiger partial charge in [0.15, 0.2) is 0 Å². The van der Waals surface area contributed by atoms with E-state index in [1.165, 1.54) is 10.9 Å². The molecular formula is C14H16FN3S2. The normalized spacial score (nSPS) is 11.0. The highest BCUT2D eigenvalue weighted by Crippen LogP contribution is 2.17. The molecule has 1 heterocycles. The fraction of sp³-hybridized carbons (Fsp3) is 0.286. The van der Waals surface area contributed by atoms with Crippen LogP contribution in [-0.4, -0.2) is 21.9 Å². The number of hydrogen-bond donors (Lipinski definition) is 1. The molecule has 0 aliphatic heterocycles. The van der Waals surface area contributed by atoms with Gasteiger partial charge in [0.25, 0.3) is 0 Å². The summed E-state index contributed by atoms with van der Waals surface area (Å²) in [5.41, 5.74) is 9.73. The van der Waals surface area contributed by atoms with E-state index < -0.39 is 0 Å². The van der Waals surface area contributed by atoms with E-state index in [1.54, 1.807) is 23.5 Å². The fourth-order valence-electron chi connectivity index (χ4n) is 1.92. The summed E-state index contributed by atoms with van der Waals surface area (Å²) in [4.78, 5) is 7.74. The topological polar surface area (TPSA) is 42.2 Å². The molecule has 0 aliphatic rings. The molecule has 0 unspecified atom stereocenters. The van der Waals surface area contributed by atoms with Gasteiger partial charge in [-0.05, 0) is 32.2 Å². The van der Waals surface area contributed by atoms with E-state index in [-0.39, 0.29) is 10.8 Å². The first kappa shape index (κ1) is 15.0. The summed E-state index contributed by atoms with van der Waals surface area (Å²) >= 11 is 6.54. The Kier molecular flexibility index (Phi) is 4.80. The molecule has 0 amide bonds. The molecule has 0 radical (unpaired) electrons. The van der Waals surface area contributed by atoms with Gasteiger partial charge in [-0.3, -0.25) is 4.90 Å². The van der Waals surface area contributed by atoms with Crippen LogP contribution in [0.1, 0.15) is 21.7 Å². The van der Waals surface area contributed by atoms with Crippen molar-refractivity contribution in [3.63, 3.8) is 0 Å². The standard InChI is InChI=1S/C14H16FN3S2/c1-9-13(20-8-17-9)7-18(2)6-11-5-10(14(16)19)3-4-12(11)15/h3-5,8H,6-7H2,1-2H3,(H2,16,19). The maximum Gasteiger partial charge on any atom is 0.127 e. The van der Waals surface area contributed by atoms with Crippen LogP contribution in [0.4, 0.5) is 4.39 Å². The lowest BCUT2D eigenvalue weighted by atomic mass is 10.1. The molecule has 1 aromatic heterocycles. The Hall–Kier alpha value is -1.37. The third kappa shape index (κ3) is 3.59. The molecule has 0 atom stereocenters. The number of nitrogens with zero attached hydrogens (tertiary/aromatic N) is 2. The fourth-order valence-corrected chi connectivity index (χ4v) is 2.90. The van der Waals surface area contributed by atoms with Crippen molar-refractivity contribution in [2.75, 3.05) is 7.05 Å². The zero-order chi connectivity index (χ0) is 14.7. The van der Waals surface area contributed by atoms with Gasteiger partial charge < -0.3 is 5.73 Å². The van der Waals surface area contributed by atoms with Crippen LogP contribution < -0.4 is 5.73 Å². The van der Waals surface area contributed by atoms with Crippen LogP contribution in [0.2, 0.25) is 0 Å². The van der Waals surface area contributed by atoms with E-state index in [4.69, 9.17) is 18.0 Å². The number of nitrogens with two attached hydrogens (primary N) is 1. The van der Waals surface area contributed by atoms with Gasteiger partial charge in [0.05, 0.1) is 11.2 Å². The second kappa shape index (κ2) is 6.39. The van der Waals surface area contributed by atoms with Crippen LogP contribution >= 0.6 is 23.6 Å². The Morgan fingerprint density at radius 3 is 2.80 bits per heavy atom. The Labute approximate surface area is 127 Å². The van der Waals surface area contributed by atoms with Crippen LogP contribution in [0.15, 0.2) is 23.7 Å². The highest BCUT2D eigenvalue weighted by molar-refractivity contribution is 7.80. The van der Waals surface area contributed by atoms with Gasteiger partial charge in [-0.1, -0.05) is 12.2 Å². The number of halogens is 1. The molecule has 0 saturated heterocycles. The zero-order valence-corrected chi connectivity index (χ0v) is 13.0. The van der Waals surface area contributed by atoms with Gasteiger partial charge in [-0.2, -0.15) is 0 Å². The smallest absolute Gasteiger partial charge is 0.127 e. The van der Waals surface area contributed by atoms with Crippen molar-refractivity contribution in [1.29, 1.82) is 0 Å². The van der Waals surface area contributed by atoms with Crippen LogP contribution in [0.25, 0.3) is 0 Å². The number of thiocarbonyl (C=S) groups is 1. The SMILES string of the molecule is Cc1ncsc1CN(C)Cc1cc(C(N)=S)ccc1F. The van der Waals surface area contributed by atoms with Gasteiger partial charge in [0.1, 0.15) is 10.8 Å². The van der Waals surface area contributed by atoms with Crippen molar-refractivity contribution in [2.24, 2.45) is 5.73 Å². The summed E-state index contributed by atoms with van der Waals surface area (Å²) in [6.45, 7) is 3.22. The molecule has 6 heteroatoms. The molecule has 106 valence electrons. The van der Waals surface area contributed by atoms with Gasteiger partial charge in [0, 0.05) is 29.1 Å². The lowest BCUT2D eigenvalue weighted by Gasteiger charge is -2.17. The molecule has 2 N–H and O–H groups in total. The minimum atomic E-state index is -0.238. The number of hydrogen-bond acceptors (Lipinski definition) is 4. The van der Waals surface area contributed by atoms with Crippen LogP contribution in [-0.2, 0) is 13.1 Å². The average Bonchev–Trinajstić information content (AvgIpc) is 2.77. The summed E-state index contributed by atoms with van der Waals surface area (Å²) in [6, 6.07) is 4.73. The van der Waals surface area contributed by atoms with Crippen LogP contribution in [0.3, 0.4) is 0 Å². The minimum Gasteiger partial charge on any atom is -0.389 e. The summed E-state index contributed by atoms with van der Waals surface area (Å²) < 4.78 is 13.8. The molecule has 0 aliphatic carbocycles. The number of benzene rings is 1. The van der Waals surface area contributed by atoms with Crippen LogP contribution in [0, 0.1) is 12.7 Å². The van der Waals surface area contributed by atoms with Crippen molar-refractivity contribution in [3.05, 3.63) is 51.2 Å². The number of thiazole rings is 1. The van der Waals surface area contributed by atoms with E-state index in [0.717, 1.165) is 12.2 Å². The molecule has 3 nitrogen and oxygen atoms in total. The predicted octanol–water partition coefficient (Wildman–Crippen LogP) is 2.86. The molecule has 1 aromatic carbocycles. The largest absolute Gasteiger partial charge is 0.389 e. The Bertz CT molecular complexity index is 625. The number of aromatic nitrogens is 1. The van der Waals surface area contributed by atoms with E-state index in [9.17, 15) is 4.39 Å². The summed E-state index contributed by atoms with van der Waals surface area (Å²) in [5.74, 6) is -0.238. The first-order valence-corrected chi connectivity index (χ1v) is 7.42. The van der Waals surface area contributed by atoms with Crippen molar-refractivity contribution in [3.8, 4) is 0 Å². The lowest BCUT2D eigenvalue weighted by molar-refractivity contribution is 0.315. The third-order valence-corrected chi connectivity index (χ3v) is 4.18. The molecule has 0 spiro atoms. The van der Waals surface area contributed by atoms with Crippen molar-refractivity contribution in [2.45, 2.75) is 20.0 Å². The molecule has 20 heavy (non-hydrogen) atoms. The minimum absolute atomic E-state index is 0.238. The van der Waals surface area contributed by atoms with Gasteiger partial charge in [-0.25, -0.2) is 9.37 Å². The van der Waals surface area contributed by atoms with E-state index in [2.05, 4.69) is 4.98 Å². The predicted molar refractivity (Wildman–Crippen MR) is 84.3 cm³/mol. The Balaban J connectivity index is 2.11. The molecular weight excluding hydrogens is 293 g/mol. The molecule has 0 fully saturated rings. The first-order valence-electron chi connectivity index (χ1n) is 6.13. The summed E-state index contributed by atoms with van der Waals surface area (Å²) in [5, 5.41) is 0. The summed E-state index contributed by atoms with van der Waals surface area (Å²) in [6.07, 6.45) is 0. The highest BCUT2D eigenvalue weighted by atomic mass is 32.1. The van der Waals surface area contributed by atoms with Crippen molar-refractivity contribution >= 4 is 28.5 Å². The maximum absolute atomic E-state index is 13.8. The van der Waals surface area contributed by atoms with Gasteiger partial charge in [0.2, 0.25) is 0 Å². The van der Waals surface area contributed by atoms with Gasteiger partial charge >= 0.3 is 0 Å². The monoisotopic (exact) mass is 309 g/mol. The van der Waals surface area contributed by atoms with E-state index in [0.29, 0.717) is 17.7 Å². The second-order valence-electron chi connectivity index (χ2n) is 4.70. The molecule has 0 saturated carbocycles. The maximum atomic E-state index is 13.8. The average molecular weight is 309 g/mol. The zero-order valence-electron chi connectivity index (χ0n) is 11.4. The van der Waals surface area contributed by atoms with Crippen molar-refractivity contribution in [1.82, 2.24) is 9.88 Å².